The van der Waals surface area contributed by atoms with Gasteiger partial charge in [0.15, 0.2) is 17.4 Å². The molecule has 0 radical (unpaired) electrons. The van der Waals surface area contributed by atoms with Crippen molar-refractivity contribution in [2.75, 3.05) is 10.6 Å². The van der Waals surface area contributed by atoms with Gasteiger partial charge in [-0.25, -0.2) is 18.7 Å². The topological polar surface area (TPSA) is 66.9 Å². The van der Waals surface area contributed by atoms with Gasteiger partial charge in [-0.2, -0.15) is 0 Å². The van der Waals surface area contributed by atoms with Crippen LogP contribution in [0, 0.1) is 11.6 Å². The number of hydrogen-bond donors (Lipinski definition) is 2. The lowest BCUT2D eigenvalue weighted by atomic mass is 10.1. The summed E-state index contributed by atoms with van der Waals surface area (Å²) in [5.41, 5.74) is 1.64. The standard InChI is InChI=1S/C18H14F2N4O/c1-11(25)12-3-2-4-13(7-12)23-17-9-18(22-10-21-17)24-14-5-6-15(19)16(20)8-14/h2-10H,1H3,(H2,21,22,23,24). The van der Waals surface area contributed by atoms with E-state index in [2.05, 4.69) is 20.6 Å². The smallest absolute Gasteiger partial charge is 0.160 e. The minimum atomic E-state index is -0.946. The van der Waals surface area contributed by atoms with Gasteiger partial charge in [0, 0.05) is 29.1 Å². The van der Waals surface area contributed by atoms with E-state index in [1.54, 1.807) is 30.3 Å². The maximum Gasteiger partial charge on any atom is 0.160 e. The van der Waals surface area contributed by atoms with E-state index in [1.807, 2.05) is 0 Å². The SMILES string of the molecule is CC(=O)c1cccc(Nc2cc(Nc3ccc(F)c(F)c3)ncn2)c1. The van der Waals surface area contributed by atoms with Crippen LogP contribution in [0.1, 0.15) is 17.3 Å². The Morgan fingerprint density at radius 2 is 1.56 bits per heavy atom. The fourth-order valence-electron chi connectivity index (χ4n) is 2.18. The Morgan fingerprint density at radius 3 is 2.20 bits per heavy atom. The molecule has 0 saturated heterocycles. The lowest BCUT2D eigenvalue weighted by Gasteiger charge is -2.09. The molecule has 5 nitrogen and oxygen atoms in total. The Morgan fingerprint density at radius 1 is 0.880 bits per heavy atom. The van der Waals surface area contributed by atoms with Gasteiger partial charge in [0.25, 0.3) is 0 Å². The first kappa shape index (κ1) is 16.5. The third kappa shape index (κ3) is 4.14. The van der Waals surface area contributed by atoms with Gasteiger partial charge in [-0.3, -0.25) is 4.79 Å². The molecule has 1 aromatic heterocycles. The van der Waals surface area contributed by atoms with E-state index >= 15 is 0 Å². The van der Waals surface area contributed by atoms with Gasteiger partial charge in [-0.15, -0.1) is 0 Å². The summed E-state index contributed by atoms with van der Waals surface area (Å²) in [6, 6.07) is 12.1. The molecule has 0 aliphatic rings. The third-order valence-electron chi connectivity index (χ3n) is 3.40. The minimum absolute atomic E-state index is 0.0352. The second kappa shape index (κ2) is 7.04. The molecule has 0 bridgehead atoms. The van der Waals surface area contributed by atoms with Crippen LogP contribution in [0.15, 0.2) is 54.9 Å². The number of nitrogens with one attached hydrogen (secondary N) is 2. The van der Waals surface area contributed by atoms with Gasteiger partial charge >= 0.3 is 0 Å². The summed E-state index contributed by atoms with van der Waals surface area (Å²) < 4.78 is 26.2. The van der Waals surface area contributed by atoms with Gasteiger partial charge in [0.2, 0.25) is 0 Å². The van der Waals surface area contributed by atoms with Crippen molar-refractivity contribution in [1.82, 2.24) is 9.97 Å². The molecule has 3 rings (SSSR count). The van der Waals surface area contributed by atoms with Crippen molar-refractivity contribution < 1.29 is 13.6 Å². The van der Waals surface area contributed by atoms with E-state index in [-0.39, 0.29) is 5.78 Å². The number of carbonyl (C=O) groups excluding carboxylic acids is 1. The van der Waals surface area contributed by atoms with E-state index in [0.29, 0.717) is 28.6 Å². The van der Waals surface area contributed by atoms with Crippen LogP contribution in [-0.4, -0.2) is 15.8 Å². The number of aromatic nitrogens is 2. The number of benzene rings is 2. The molecular weight excluding hydrogens is 326 g/mol. The molecule has 0 atom stereocenters. The molecule has 2 N–H and O–H groups in total. The van der Waals surface area contributed by atoms with Crippen LogP contribution in [0.2, 0.25) is 0 Å². The van der Waals surface area contributed by atoms with Crippen LogP contribution < -0.4 is 10.6 Å². The van der Waals surface area contributed by atoms with Crippen molar-refractivity contribution in [3.63, 3.8) is 0 Å². The van der Waals surface area contributed by atoms with E-state index in [1.165, 1.54) is 19.3 Å². The number of ketones is 1. The lowest BCUT2D eigenvalue weighted by molar-refractivity contribution is 0.101. The van der Waals surface area contributed by atoms with Crippen LogP contribution in [0.4, 0.5) is 31.8 Å². The lowest BCUT2D eigenvalue weighted by Crippen LogP contribution is -2.00. The molecule has 126 valence electrons. The fourth-order valence-corrected chi connectivity index (χ4v) is 2.18. The van der Waals surface area contributed by atoms with Gasteiger partial charge < -0.3 is 10.6 Å². The van der Waals surface area contributed by atoms with E-state index in [9.17, 15) is 13.6 Å². The number of Topliss-reactive ketones (excluding diaryl/α,β-unsaturated/α-hetero) is 1. The quantitative estimate of drug-likeness (QED) is 0.672. The predicted molar refractivity (Wildman–Crippen MR) is 91.4 cm³/mol. The van der Waals surface area contributed by atoms with Crippen LogP contribution in [0.3, 0.4) is 0 Å². The van der Waals surface area contributed by atoms with E-state index in [4.69, 9.17) is 0 Å². The highest BCUT2D eigenvalue weighted by Crippen LogP contribution is 2.21. The Bertz CT molecular complexity index is 930. The number of halogens is 2. The van der Waals surface area contributed by atoms with Crippen molar-refractivity contribution in [3.05, 3.63) is 72.1 Å². The minimum Gasteiger partial charge on any atom is -0.340 e. The summed E-state index contributed by atoms with van der Waals surface area (Å²) in [5, 5.41) is 5.94. The molecule has 0 saturated carbocycles. The highest BCUT2D eigenvalue weighted by Gasteiger charge is 2.05. The number of carbonyl (C=O) groups is 1. The average Bonchev–Trinajstić information content (AvgIpc) is 2.59. The van der Waals surface area contributed by atoms with Crippen molar-refractivity contribution in [3.8, 4) is 0 Å². The van der Waals surface area contributed by atoms with Crippen LogP contribution >= 0.6 is 0 Å². The Labute approximate surface area is 142 Å². The zero-order valence-electron chi connectivity index (χ0n) is 13.3. The molecule has 2 aromatic carbocycles. The van der Waals surface area contributed by atoms with Crippen molar-refractivity contribution >= 4 is 28.8 Å². The Kier molecular flexibility index (Phi) is 4.65. The first-order valence-corrected chi connectivity index (χ1v) is 7.43. The van der Waals surface area contributed by atoms with Crippen LogP contribution in [-0.2, 0) is 0 Å². The van der Waals surface area contributed by atoms with Crippen molar-refractivity contribution in [2.24, 2.45) is 0 Å². The monoisotopic (exact) mass is 340 g/mol. The summed E-state index contributed by atoms with van der Waals surface area (Å²) in [6.45, 7) is 1.49. The van der Waals surface area contributed by atoms with Crippen LogP contribution in [0.5, 0.6) is 0 Å². The van der Waals surface area contributed by atoms with Crippen LogP contribution in [0.25, 0.3) is 0 Å². The molecule has 25 heavy (non-hydrogen) atoms. The summed E-state index contributed by atoms with van der Waals surface area (Å²) in [5.74, 6) is -1.00. The highest BCUT2D eigenvalue weighted by molar-refractivity contribution is 5.95. The summed E-state index contributed by atoms with van der Waals surface area (Å²) in [4.78, 5) is 19.6. The number of nitrogens with zero attached hydrogens (tertiary/aromatic N) is 2. The first-order chi connectivity index (χ1) is 12.0. The number of anilines is 4. The van der Waals surface area contributed by atoms with Gasteiger partial charge in [0.05, 0.1) is 0 Å². The Balaban J connectivity index is 1.78. The Hall–Kier alpha value is -3.35. The summed E-state index contributed by atoms with van der Waals surface area (Å²) in [7, 11) is 0. The number of hydrogen-bond acceptors (Lipinski definition) is 5. The summed E-state index contributed by atoms with van der Waals surface area (Å²) >= 11 is 0. The van der Waals surface area contributed by atoms with E-state index < -0.39 is 11.6 Å². The normalized spacial score (nSPS) is 10.4. The van der Waals surface area contributed by atoms with Crippen molar-refractivity contribution in [2.45, 2.75) is 6.92 Å². The highest BCUT2D eigenvalue weighted by atomic mass is 19.2. The molecule has 0 unspecified atom stereocenters. The second-order valence-corrected chi connectivity index (χ2v) is 5.30. The third-order valence-corrected chi connectivity index (χ3v) is 3.40. The molecule has 0 aliphatic heterocycles. The molecule has 3 aromatic rings. The zero-order valence-corrected chi connectivity index (χ0v) is 13.3. The molecule has 0 fully saturated rings. The second-order valence-electron chi connectivity index (χ2n) is 5.30. The van der Waals surface area contributed by atoms with Gasteiger partial charge in [0.1, 0.15) is 18.0 Å². The number of rotatable bonds is 5. The van der Waals surface area contributed by atoms with Gasteiger partial charge in [-0.1, -0.05) is 12.1 Å². The molecule has 0 aliphatic carbocycles. The average molecular weight is 340 g/mol. The fraction of sp³-hybridized carbons (Fsp3) is 0.0556. The van der Waals surface area contributed by atoms with E-state index in [0.717, 1.165) is 12.1 Å². The molecule has 7 heteroatoms. The zero-order chi connectivity index (χ0) is 17.8. The molecular formula is C18H14F2N4O. The maximum atomic E-state index is 13.3. The van der Waals surface area contributed by atoms with Gasteiger partial charge in [-0.05, 0) is 31.2 Å². The van der Waals surface area contributed by atoms with Crippen molar-refractivity contribution in [1.29, 1.82) is 0 Å². The predicted octanol–water partition coefficient (Wildman–Crippen LogP) is 4.44. The molecule has 0 spiro atoms. The summed E-state index contributed by atoms with van der Waals surface area (Å²) in [6.07, 6.45) is 1.33. The molecule has 1 heterocycles. The maximum absolute atomic E-state index is 13.3. The first-order valence-electron chi connectivity index (χ1n) is 7.43. The largest absolute Gasteiger partial charge is 0.340 e. The molecule has 0 amide bonds.